The molecule has 5 nitrogen and oxygen atoms in total. The number of hydrogen-bond donors (Lipinski definition) is 2. The van der Waals surface area contributed by atoms with Gasteiger partial charge in [0.15, 0.2) is 5.11 Å². The Bertz CT molecular complexity index is 1220. The van der Waals surface area contributed by atoms with Crippen LogP contribution in [-0.4, -0.2) is 19.8 Å². The van der Waals surface area contributed by atoms with Crippen LogP contribution in [-0.2, 0) is 0 Å². The Kier molecular flexibility index (Phi) is 4.92. The number of rotatable bonds is 4. The van der Waals surface area contributed by atoms with Crippen molar-refractivity contribution in [3.8, 4) is 11.4 Å². The van der Waals surface area contributed by atoms with E-state index in [1.807, 2.05) is 47.4 Å². The van der Waals surface area contributed by atoms with E-state index in [4.69, 9.17) is 12.2 Å². The van der Waals surface area contributed by atoms with Gasteiger partial charge in [-0.1, -0.05) is 35.9 Å². The van der Waals surface area contributed by atoms with Crippen molar-refractivity contribution in [2.45, 2.75) is 19.0 Å². The molecular formula is C25H22N4OS. The maximum Gasteiger partial charge on any atom is 0.174 e. The summed E-state index contributed by atoms with van der Waals surface area (Å²) in [6.45, 7) is 2.08. The van der Waals surface area contributed by atoms with E-state index in [9.17, 15) is 5.11 Å². The Hall–Kier alpha value is -3.64. The summed E-state index contributed by atoms with van der Waals surface area (Å²) in [5.41, 5.74) is 4.89. The first-order valence-corrected chi connectivity index (χ1v) is 10.6. The van der Waals surface area contributed by atoms with Crippen LogP contribution in [0.4, 0.5) is 5.69 Å². The van der Waals surface area contributed by atoms with Crippen molar-refractivity contribution in [1.82, 2.24) is 14.9 Å². The second kappa shape index (κ2) is 7.89. The van der Waals surface area contributed by atoms with Crippen molar-refractivity contribution < 1.29 is 5.11 Å². The lowest BCUT2D eigenvalue weighted by Gasteiger charge is -2.29. The number of nitrogens with one attached hydrogen (secondary N) is 1. The standard InChI is InChI=1S/C25H22N4OS/c1-17-11-13-18(14-12-17)28-16-6-9-21(28)24-23(19-7-4-5-15-26-19)27-25(31)29(24)20-8-2-3-10-22(20)30/h2-16,23-24,30H,1H3,(H,27,31)/t23-,24-/m1/s1. The average molecular weight is 427 g/mol. The van der Waals surface area contributed by atoms with Crippen molar-refractivity contribution in [3.63, 3.8) is 0 Å². The minimum absolute atomic E-state index is 0.174. The summed E-state index contributed by atoms with van der Waals surface area (Å²) in [4.78, 5) is 6.59. The van der Waals surface area contributed by atoms with Crippen LogP contribution < -0.4 is 10.2 Å². The molecule has 6 heteroatoms. The van der Waals surface area contributed by atoms with Crippen LogP contribution in [0.3, 0.4) is 0 Å². The summed E-state index contributed by atoms with van der Waals surface area (Å²) >= 11 is 5.75. The molecule has 154 valence electrons. The van der Waals surface area contributed by atoms with Gasteiger partial charge in [-0.2, -0.15) is 0 Å². The van der Waals surface area contributed by atoms with E-state index in [0.29, 0.717) is 10.8 Å². The molecule has 0 saturated carbocycles. The van der Waals surface area contributed by atoms with Crippen LogP contribution in [0, 0.1) is 6.92 Å². The summed E-state index contributed by atoms with van der Waals surface area (Å²) in [7, 11) is 0. The molecule has 2 aromatic carbocycles. The molecule has 1 aliphatic rings. The van der Waals surface area contributed by atoms with Gasteiger partial charge in [0.1, 0.15) is 11.8 Å². The number of benzene rings is 2. The zero-order chi connectivity index (χ0) is 21.4. The molecule has 5 rings (SSSR count). The lowest BCUT2D eigenvalue weighted by atomic mass is 10.0. The van der Waals surface area contributed by atoms with Gasteiger partial charge in [-0.25, -0.2) is 0 Å². The maximum atomic E-state index is 10.6. The summed E-state index contributed by atoms with van der Waals surface area (Å²) in [5, 5.41) is 14.6. The number of thiocarbonyl (C=S) groups is 1. The average Bonchev–Trinajstić information content (AvgIpc) is 3.40. The molecule has 0 radical (unpaired) electrons. The van der Waals surface area contributed by atoms with Gasteiger partial charge in [0.05, 0.1) is 17.4 Å². The number of aryl methyl sites for hydroxylation is 1. The molecule has 2 aromatic heterocycles. The van der Waals surface area contributed by atoms with Gasteiger partial charge in [0.25, 0.3) is 0 Å². The van der Waals surface area contributed by atoms with Crippen molar-refractivity contribution in [3.05, 3.63) is 108 Å². The van der Waals surface area contributed by atoms with Gasteiger partial charge in [-0.15, -0.1) is 0 Å². The van der Waals surface area contributed by atoms with E-state index >= 15 is 0 Å². The molecule has 31 heavy (non-hydrogen) atoms. The zero-order valence-electron chi connectivity index (χ0n) is 17.0. The first-order chi connectivity index (χ1) is 15.1. The molecule has 4 aromatic rings. The topological polar surface area (TPSA) is 53.3 Å². The second-order valence-electron chi connectivity index (χ2n) is 7.62. The Labute approximate surface area is 186 Å². The number of aromatic nitrogens is 2. The zero-order valence-corrected chi connectivity index (χ0v) is 17.8. The molecule has 1 aliphatic heterocycles. The maximum absolute atomic E-state index is 10.6. The molecule has 0 spiro atoms. The fourth-order valence-corrected chi connectivity index (χ4v) is 4.50. The third-order valence-electron chi connectivity index (χ3n) is 5.63. The van der Waals surface area contributed by atoms with Gasteiger partial charge < -0.3 is 19.9 Å². The van der Waals surface area contributed by atoms with E-state index in [2.05, 4.69) is 58.3 Å². The van der Waals surface area contributed by atoms with E-state index in [1.54, 1.807) is 12.3 Å². The molecule has 0 aliphatic carbocycles. The van der Waals surface area contributed by atoms with E-state index < -0.39 is 0 Å². The van der Waals surface area contributed by atoms with E-state index in [0.717, 1.165) is 17.1 Å². The molecular weight excluding hydrogens is 404 g/mol. The lowest BCUT2D eigenvalue weighted by molar-refractivity contribution is 0.472. The van der Waals surface area contributed by atoms with Gasteiger partial charge in [0, 0.05) is 23.8 Å². The predicted octanol–water partition coefficient (Wildman–Crippen LogP) is 5.06. The molecule has 1 saturated heterocycles. The number of aromatic hydroxyl groups is 1. The highest BCUT2D eigenvalue weighted by molar-refractivity contribution is 7.80. The highest BCUT2D eigenvalue weighted by Crippen LogP contribution is 2.44. The first-order valence-electron chi connectivity index (χ1n) is 10.2. The summed E-state index contributed by atoms with van der Waals surface area (Å²) < 4.78 is 2.17. The van der Waals surface area contributed by atoms with Gasteiger partial charge >= 0.3 is 0 Å². The van der Waals surface area contributed by atoms with E-state index in [1.165, 1.54) is 5.56 Å². The summed E-state index contributed by atoms with van der Waals surface area (Å²) in [5.74, 6) is 0.187. The molecule has 1 fully saturated rings. The second-order valence-corrected chi connectivity index (χ2v) is 8.01. The fraction of sp³-hybridized carbons (Fsp3) is 0.120. The van der Waals surface area contributed by atoms with Crippen molar-refractivity contribution in [2.75, 3.05) is 4.90 Å². The quantitative estimate of drug-likeness (QED) is 0.447. The SMILES string of the molecule is Cc1ccc(-n2cccc2[C@@H]2[C@@H](c3ccccn3)NC(=S)N2c2ccccc2O)cc1. The van der Waals surface area contributed by atoms with Gasteiger partial charge in [-0.3, -0.25) is 4.98 Å². The van der Waals surface area contributed by atoms with Crippen LogP contribution in [0.15, 0.2) is 91.3 Å². The third kappa shape index (κ3) is 3.45. The van der Waals surface area contributed by atoms with Gasteiger partial charge in [-0.05, 0) is 67.7 Å². The van der Waals surface area contributed by atoms with Crippen LogP contribution in [0.1, 0.15) is 29.0 Å². The van der Waals surface area contributed by atoms with Crippen LogP contribution in [0.25, 0.3) is 5.69 Å². The van der Waals surface area contributed by atoms with Crippen molar-refractivity contribution in [1.29, 1.82) is 0 Å². The van der Waals surface area contributed by atoms with Crippen LogP contribution in [0.2, 0.25) is 0 Å². The number of pyridine rings is 1. The molecule has 0 amide bonds. The highest BCUT2D eigenvalue weighted by Gasteiger charge is 2.42. The number of hydrogen-bond acceptors (Lipinski definition) is 3. The minimum Gasteiger partial charge on any atom is -0.506 e. The predicted molar refractivity (Wildman–Crippen MR) is 127 cm³/mol. The molecule has 2 N–H and O–H groups in total. The number of nitrogens with zero attached hydrogens (tertiary/aromatic N) is 3. The normalized spacial score (nSPS) is 18.2. The number of anilines is 1. The fourth-order valence-electron chi connectivity index (χ4n) is 4.16. The van der Waals surface area contributed by atoms with Crippen molar-refractivity contribution in [2.24, 2.45) is 0 Å². The minimum atomic E-state index is -0.202. The molecule has 2 atom stereocenters. The third-order valence-corrected chi connectivity index (χ3v) is 5.95. The van der Waals surface area contributed by atoms with Crippen molar-refractivity contribution >= 4 is 23.0 Å². The Morgan fingerprint density at radius 3 is 2.45 bits per heavy atom. The summed E-state index contributed by atoms with van der Waals surface area (Å²) in [6.07, 6.45) is 3.85. The smallest absolute Gasteiger partial charge is 0.174 e. The first kappa shape index (κ1) is 19.3. The van der Waals surface area contributed by atoms with Gasteiger partial charge in [0.2, 0.25) is 0 Å². The Morgan fingerprint density at radius 1 is 0.935 bits per heavy atom. The number of phenols is 1. The molecule has 0 unspecified atom stereocenters. The Balaban J connectivity index is 1.68. The monoisotopic (exact) mass is 426 g/mol. The molecule has 0 bridgehead atoms. The Morgan fingerprint density at radius 2 is 1.71 bits per heavy atom. The largest absolute Gasteiger partial charge is 0.506 e. The van der Waals surface area contributed by atoms with E-state index in [-0.39, 0.29) is 17.8 Å². The number of para-hydroxylation sites is 2. The van der Waals surface area contributed by atoms with Crippen LogP contribution >= 0.6 is 12.2 Å². The highest BCUT2D eigenvalue weighted by atomic mass is 32.1. The lowest BCUT2D eigenvalue weighted by Crippen LogP contribution is -2.30. The van der Waals surface area contributed by atoms with Crippen LogP contribution in [0.5, 0.6) is 5.75 Å². The summed E-state index contributed by atoms with van der Waals surface area (Å²) in [6, 6.07) is 25.4. The number of phenolic OH excluding ortho intramolecular Hbond substituents is 1. The molecule has 3 heterocycles.